The smallest absolute Gasteiger partial charge is 0.0289 e. The average molecular weight is 347 g/mol. The zero-order valence-corrected chi connectivity index (χ0v) is 17.9. The summed E-state index contributed by atoms with van der Waals surface area (Å²) in [4.78, 5) is 0. The minimum Gasteiger partial charge on any atom is -0.122 e. The van der Waals surface area contributed by atoms with Crippen LogP contribution in [0.4, 0.5) is 0 Å². The highest BCUT2D eigenvalue weighted by Gasteiger charge is 2.07. The van der Waals surface area contributed by atoms with Gasteiger partial charge in [0.1, 0.15) is 0 Å². The first-order valence-corrected chi connectivity index (χ1v) is 13.6. The van der Waals surface area contributed by atoms with Gasteiger partial charge in [-0.05, 0) is 50.1 Å². The van der Waals surface area contributed by atoms with Gasteiger partial charge in [-0.1, -0.05) is 78.6 Å². The first kappa shape index (κ1) is 22.9. The third-order valence-electron chi connectivity index (χ3n) is 4.47. The van der Waals surface area contributed by atoms with Gasteiger partial charge >= 0.3 is 0 Å². The number of rotatable bonds is 18. The van der Waals surface area contributed by atoms with Crippen LogP contribution in [-0.2, 0) is 0 Å². The van der Waals surface area contributed by atoms with Crippen molar-refractivity contribution in [1.82, 2.24) is 0 Å². The van der Waals surface area contributed by atoms with Gasteiger partial charge in [-0.2, -0.15) is 0 Å². The van der Waals surface area contributed by atoms with E-state index in [4.69, 9.17) is 0 Å². The summed E-state index contributed by atoms with van der Waals surface area (Å²) >= 11 is 0. The van der Waals surface area contributed by atoms with Gasteiger partial charge < -0.3 is 0 Å². The van der Waals surface area contributed by atoms with E-state index in [0.717, 1.165) is 0 Å². The summed E-state index contributed by atoms with van der Waals surface area (Å²) in [6.45, 7) is 6.97. The van der Waals surface area contributed by atoms with E-state index in [-0.39, 0.29) is 0 Å². The lowest BCUT2D eigenvalue weighted by molar-refractivity contribution is 0.695. The van der Waals surface area contributed by atoms with E-state index in [1.54, 1.807) is 24.6 Å². The largest absolute Gasteiger partial charge is 0.122 e. The molecule has 0 fully saturated rings. The van der Waals surface area contributed by atoms with Crippen LogP contribution in [0.1, 0.15) is 97.8 Å². The predicted octanol–water partition coefficient (Wildman–Crippen LogP) is 7.89. The maximum Gasteiger partial charge on any atom is -0.0289 e. The monoisotopic (exact) mass is 346 g/mol. The van der Waals surface area contributed by atoms with E-state index in [2.05, 4.69) is 20.8 Å². The van der Waals surface area contributed by atoms with E-state index < -0.39 is 0 Å². The molecule has 0 amide bonds. The molecule has 1 unspecified atom stereocenters. The highest BCUT2D eigenvalue weighted by molar-refractivity contribution is 7.58. The molecule has 1 atom stereocenters. The Kier molecular flexibility index (Phi) is 20.7. The van der Waals surface area contributed by atoms with E-state index in [9.17, 15) is 0 Å². The van der Waals surface area contributed by atoms with Crippen molar-refractivity contribution in [2.24, 2.45) is 0 Å². The van der Waals surface area contributed by atoms with Crippen LogP contribution in [0.3, 0.4) is 0 Å². The molecule has 22 heavy (non-hydrogen) atoms. The molecular formula is C20H44P2. The summed E-state index contributed by atoms with van der Waals surface area (Å²) in [6, 6.07) is 0. The van der Waals surface area contributed by atoms with E-state index in [1.165, 1.54) is 91.8 Å². The van der Waals surface area contributed by atoms with Gasteiger partial charge in [0, 0.05) is 0 Å². The van der Waals surface area contributed by atoms with Crippen molar-refractivity contribution < 1.29 is 0 Å². The van der Waals surface area contributed by atoms with Crippen molar-refractivity contribution in [1.29, 1.82) is 0 Å². The van der Waals surface area contributed by atoms with Crippen LogP contribution in [0.5, 0.6) is 0 Å². The molecule has 0 rings (SSSR count). The molecule has 2 heteroatoms. The van der Waals surface area contributed by atoms with E-state index in [1.807, 2.05) is 0 Å². The Morgan fingerprint density at radius 1 is 0.500 bits per heavy atom. The Bertz CT molecular complexity index is 182. The lowest BCUT2D eigenvalue weighted by Gasteiger charge is -2.18. The molecule has 0 heterocycles. The van der Waals surface area contributed by atoms with E-state index in [0.29, 0.717) is 7.92 Å². The molecule has 0 radical (unpaired) electrons. The fraction of sp³-hybridized carbons (Fsp3) is 1.00. The quantitative estimate of drug-likeness (QED) is 0.175. The molecule has 0 aliphatic rings. The summed E-state index contributed by atoms with van der Waals surface area (Å²) < 4.78 is 0. The molecule has 0 bridgehead atoms. The lowest BCUT2D eigenvalue weighted by atomic mass is 10.2. The topological polar surface area (TPSA) is 0 Å². The fourth-order valence-corrected chi connectivity index (χ4v) is 7.56. The summed E-state index contributed by atoms with van der Waals surface area (Å²) in [5, 5.41) is 0. The van der Waals surface area contributed by atoms with Gasteiger partial charge in [-0.15, -0.1) is 16.5 Å². The van der Waals surface area contributed by atoms with Gasteiger partial charge in [0.05, 0.1) is 0 Å². The van der Waals surface area contributed by atoms with Gasteiger partial charge in [0.25, 0.3) is 0 Å². The molecule has 0 aromatic carbocycles. The van der Waals surface area contributed by atoms with Crippen LogP contribution in [0.2, 0.25) is 0 Å². The summed E-state index contributed by atoms with van der Waals surface area (Å²) in [7, 11) is 1.65. The number of unbranched alkanes of at least 4 members (excludes halogenated alkanes) is 9. The number of hydrogen-bond acceptors (Lipinski definition) is 0. The zero-order chi connectivity index (χ0) is 16.3. The van der Waals surface area contributed by atoms with Gasteiger partial charge in [-0.25, -0.2) is 0 Å². The Morgan fingerprint density at radius 2 is 1.00 bits per heavy atom. The molecule has 0 aliphatic carbocycles. The Balaban J connectivity index is 3.66. The molecule has 0 aliphatic heterocycles. The Morgan fingerprint density at radius 3 is 1.50 bits per heavy atom. The minimum atomic E-state index is 0.385. The third kappa shape index (κ3) is 17.2. The second-order valence-corrected chi connectivity index (χ2v) is 11.0. The molecule has 0 nitrogen and oxygen atoms in total. The van der Waals surface area contributed by atoms with Crippen LogP contribution in [-0.4, -0.2) is 30.8 Å². The molecule has 0 N–H and O–H groups in total. The first-order valence-electron chi connectivity index (χ1n) is 10.3. The second kappa shape index (κ2) is 19.9. The first-order chi connectivity index (χ1) is 10.8. The van der Waals surface area contributed by atoms with Gasteiger partial charge in [0.2, 0.25) is 0 Å². The van der Waals surface area contributed by atoms with Crippen LogP contribution < -0.4 is 0 Å². The van der Waals surface area contributed by atoms with Crippen molar-refractivity contribution in [2.75, 3.05) is 30.8 Å². The Hall–Kier alpha value is 0.860. The highest BCUT2D eigenvalue weighted by Crippen LogP contribution is 2.39. The normalized spacial score (nSPS) is 12.0. The SMILES string of the molecule is CCCCCCPCCP(CCCCCC)CCCCCC. The Labute approximate surface area is 145 Å². The van der Waals surface area contributed by atoms with Crippen molar-refractivity contribution in [3.63, 3.8) is 0 Å². The molecule has 134 valence electrons. The zero-order valence-electron chi connectivity index (χ0n) is 16.0. The lowest BCUT2D eigenvalue weighted by Crippen LogP contribution is -1.98. The molecular weight excluding hydrogens is 302 g/mol. The maximum atomic E-state index is 2.33. The van der Waals surface area contributed by atoms with Crippen molar-refractivity contribution in [3.8, 4) is 0 Å². The molecule has 0 saturated carbocycles. The predicted molar refractivity (Wildman–Crippen MR) is 112 cm³/mol. The van der Waals surface area contributed by atoms with Crippen molar-refractivity contribution in [3.05, 3.63) is 0 Å². The third-order valence-corrected chi connectivity index (χ3v) is 8.95. The molecule has 0 saturated heterocycles. The minimum absolute atomic E-state index is 0.385. The number of hydrogen-bond donors (Lipinski definition) is 0. The summed E-state index contributed by atoms with van der Waals surface area (Å²) in [5.41, 5.74) is 0. The molecule has 0 spiro atoms. The fourth-order valence-electron chi connectivity index (χ4n) is 2.90. The summed E-state index contributed by atoms with van der Waals surface area (Å²) in [6.07, 6.45) is 25.3. The van der Waals surface area contributed by atoms with Crippen LogP contribution in [0, 0.1) is 0 Å². The van der Waals surface area contributed by atoms with Gasteiger partial charge in [-0.3, -0.25) is 0 Å². The highest BCUT2D eigenvalue weighted by atomic mass is 31.1. The van der Waals surface area contributed by atoms with Crippen LogP contribution in [0.25, 0.3) is 0 Å². The maximum absolute atomic E-state index is 2.33. The van der Waals surface area contributed by atoms with Crippen molar-refractivity contribution >= 4 is 16.5 Å². The average Bonchev–Trinajstić information content (AvgIpc) is 2.53. The summed E-state index contributed by atoms with van der Waals surface area (Å²) in [5.74, 6) is 0. The standard InChI is InChI=1S/C20H44P2/c1-4-7-10-13-16-21-17-20-22(18-14-11-8-5-2)19-15-12-9-6-3/h21H,4-20H2,1-3H3. The van der Waals surface area contributed by atoms with Gasteiger partial charge in [0.15, 0.2) is 0 Å². The van der Waals surface area contributed by atoms with Crippen LogP contribution >= 0.6 is 16.5 Å². The molecule has 0 aromatic heterocycles. The van der Waals surface area contributed by atoms with Crippen LogP contribution in [0.15, 0.2) is 0 Å². The van der Waals surface area contributed by atoms with Crippen molar-refractivity contribution in [2.45, 2.75) is 97.8 Å². The van der Waals surface area contributed by atoms with E-state index >= 15 is 0 Å². The molecule has 0 aromatic rings. The second-order valence-electron chi connectivity index (χ2n) is 6.77.